The number of imidazole rings is 1. The van der Waals surface area contributed by atoms with Crippen LogP contribution in [0.15, 0.2) is 18.7 Å². The Labute approximate surface area is 145 Å². The summed E-state index contributed by atoms with van der Waals surface area (Å²) in [4.78, 5) is 0. The smallest absolute Gasteiger partial charge is 0.500 e. The van der Waals surface area contributed by atoms with Crippen LogP contribution in [0.3, 0.4) is 0 Å². The normalized spacial score (nSPS) is 16.5. The van der Waals surface area contributed by atoms with Crippen LogP contribution < -0.4 is 21.5 Å². The van der Waals surface area contributed by atoms with Gasteiger partial charge in [-0.1, -0.05) is 6.42 Å². The standard InChI is InChI=1S/C15H29N2O3Si.BrH/c1-18-21(19-2,20-3)13-7-10-16-11-12-17(14-16)15-8-5-4-6-9-15;/h11-12,14-15H,4-10,13H2,1-3H3;1H/q+1;/p-1. The molecule has 1 fully saturated rings. The number of aromatic nitrogens is 2. The van der Waals surface area contributed by atoms with Gasteiger partial charge in [0.15, 0.2) is 0 Å². The minimum Gasteiger partial charge on any atom is -1.00 e. The summed E-state index contributed by atoms with van der Waals surface area (Å²) in [6, 6.07) is 1.54. The van der Waals surface area contributed by atoms with Gasteiger partial charge in [0.2, 0.25) is 6.33 Å². The maximum atomic E-state index is 5.45. The van der Waals surface area contributed by atoms with Crippen molar-refractivity contribution in [2.75, 3.05) is 21.3 Å². The molecule has 0 spiro atoms. The summed E-state index contributed by atoms with van der Waals surface area (Å²) in [6.07, 6.45) is 14.4. The Morgan fingerprint density at radius 3 is 2.32 bits per heavy atom. The Hall–Kier alpha value is -0.213. The van der Waals surface area contributed by atoms with Crippen LogP contribution >= 0.6 is 0 Å². The molecule has 1 aliphatic rings. The van der Waals surface area contributed by atoms with E-state index < -0.39 is 8.80 Å². The Bertz CT molecular complexity index is 412. The molecular weight excluding hydrogens is 364 g/mol. The van der Waals surface area contributed by atoms with Gasteiger partial charge < -0.3 is 30.3 Å². The lowest BCUT2D eigenvalue weighted by Gasteiger charge is -2.23. The number of hydrogen-bond acceptors (Lipinski definition) is 3. The molecule has 0 aromatic carbocycles. The van der Waals surface area contributed by atoms with Crippen LogP contribution in [0.4, 0.5) is 0 Å². The predicted octanol–water partition coefficient (Wildman–Crippen LogP) is -0.447. The van der Waals surface area contributed by atoms with Crippen LogP contribution in [0.25, 0.3) is 0 Å². The zero-order chi connectivity index (χ0) is 15.1. The highest BCUT2D eigenvalue weighted by atomic mass is 79.9. The van der Waals surface area contributed by atoms with Crippen molar-refractivity contribution in [1.29, 1.82) is 0 Å². The molecule has 128 valence electrons. The number of nitrogens with zero attached hydrogens (tertiary/aromatic N) is 2. The highest BCUT2D eigenvalue weighted by Crippen LogP contribution is 2.27. The molecular formula is C15H29BrN2O3Si. The van der Waals surface area contributed by atoms with Gasteiger partial charge in [-0.05, 0) is 32.1 Å². The molecule has 1 aliphatic carbocycles. The molecule has 0 atom stereocenters. The summed E-state index contributed by atoms with van der Waals surface area (Å²) in [7, 11) is 2.60. The molecule has 0 bridgehead atoms. The van der Waals surface area contributed by atoms with Gasteiger partial charge in [0, 0.05) is 27.4 Å². The van der Waals surface area contributed by atoms with Crippen molar-refractivity contribution >= 4 is 8.80 Å². The summed E-state index contributed by atoms with van der Waals surface area (Å²) >= 11 is 0. The number of hydrogen-bond donors (Lipinski definition) is 0. The minimum absolute atomic E-state index is 0. The van der Waals surface area contributed by atoms with Crippen LogP contribution in [-0.4, -0.2) is 34.7 Å². The lowest BCUT2D eigenvalue weighted by Crippen LogP contribution is -3.00. The van der Waals surface area contributed by atoms with Gasteiger partial charge in [0.05, 0.1) is 6.54 Å². The fourth-order valence-electron chi connectivity index (χ4n) is 3.17. The van der Waals surface area contributed by atoms with E-state index in [-0.39, 0.29) is 17.0 Å². The van der Waals surface area contributed by atoms with Gasteiger partial charge in [0.1, 0.15) is 18.4 Å². The molecule has 0 N–H and O–H groups in total. The van der Waals surface area contributed by atoms with E-state index in [0.29, 0.717) is 6.04 Å². The number of aryl methyl sites for hydroxylation is 1. The zero-order valence-electron chi connectivity index (χ0n) is 14.0. The molecule has 1 saturated carbocycles. The summed E-state index contributed by atoms with van der Waals surface area (Å²) in [6.45, 7) is 0.977. The van der Waals surface area contributed by atoms with E-state index >= 15 is 0 Å². The summed E-state index contributed by atoms with van der Waals surface area (Å²) in [5.74, 6) is 0. The first-order chi connectivity index (χ1) is 10.2. The largest absolute Gasteiger partial charge is 1.00 e. The average Bonchev–Trinajstić information content (AvgIpc) is 3.02. The van der Waals surface area contributed by atoms with Crippen molar-refractivity contribution in [2.45, 2.75) is 57.2 Å². The van der Waals surface area contributed by atoms with Crippen LogP contribution in [-0.2, 0) is 19.8 Å². The van der Waals surface area contributed by atoms with Crippen LogP contribution in [0.1, 0.15) is 44.6 Å². The van der Waals surface area contributed by atoms with Crippen molar-refractivity contribution in [3.8, 4) is 0 Å². The molecule has 0 saturated heterocycles. The van der Waals surface area contributed by atoms with Gasteiger partial charge >= 0.3 is 8.80 Å². The van der Waals surface area contributed by atoms with E-state index in [9.17, 15) is 0 Å². The highest BCUT2D eigenvalue weighted by Gasteiger charge is 2.37. The van der Waals surface area contributed by atoms with Gasteiger partial charge in [-0.3, -0.25) is 0 Å². The Morgan fingerprint density at radius 2 is 1.73 bits per heavy atom. The first-order valence-corrected chi connectivity index (χ1v) is 9.88. The second-order valence-corrected chi connectivity index (χ2v) is 8.88. The molecule has 1 heterocycles. The number of halogens is 1. The first-order valence-electron chi connectivity index (χ1n) is 7.95. The lowest BCUT2D eigenvalue weighted by atomic mass is 9.95. The van der Waals surface area contributed by atoms with E-state index in [1.165, 1.54) is 32.1 Å². The average molecular weight is 393 g/mol. The van der Waals surface area contributed by atoms with Gasteiger partial charge in [-0.15, -0.1) is 0 Å². The third-order valence-corrected chi connectivity index (χ3v) is 7.37. The minimum atomic E-state index is -2.42. The molecule has 5 nitrogen and oxygen atoms in total. The maximum absolute atomic E-state index is 5.45. The third kappa shape index (κ3) is 5.16. The SMILES string of the molecule is CO[Si](CCC[n+]1ccn(C2CCCCC2)c1)(OC)OC.[Br-]. The lowest BCUT2D eigenvalue weighted by molar-refractivity contribution is -0.696. The molecule has 0 amide bonds. The van der Waals surface area contributed by atoms with E-state index in [2.05, 4.69) is 27.9 Å². The molecule has 1 aromatic rings. The van der Waals surface area contributed by atoms with E-state index in [4.69, 9.17) is 13.3 Å². The topological polar surface area (TPSA) is 36.5 Å². The van der Waals surface area contributed by atoms with E-state index in [1.54, 1.807) is 21.3 Å². The van der Waals surface area contributed by atoms with Gasteiger partial charge in [-0.2, -0.15) is 0 Å². The second kappa shape index (κ2) is 9.82. The summed E-state index contributed by atoms with van der Waals surface area (Å²) in [5, 5.41) is 0. The van der Waals surface area contributed by atoms with Gasteiger partial charge in [-0.25, -0.2) is 9.13 Å². The van der Waals surface area contributed by atoms with Crippen molar-refractivity contribution < 1.29 is 34.8 Å². The third-order valence-electron chi connectivity index (χ3n) is 4.54. The second-order valence-electron chi connectivity index (χ2n) is 5.79. The number of rotatable bonds is 8. The molecule has 1 aromatic heterocycles. The summed E-state index contributed by atoms with van der Waals surface area (Å²) < 4.78 is 21.0. The highest BCUT2D eigenvalue weighted by molar-refractivity contribution is 6.60. The molecule has 0 radical (unpaired) electrons. The Morgan fingerprint density at radius 1 is 1.09 bits per heavy atom. The van der Waals surface area contributed by atoms with Gasteiger partial charge in [0.25, 0.3) is 0 Å². The molecule has 0 unspecified atom stereocenters. The molecule has 22 heavy (non-hydrogen) atoms. The molecule has 2 rings (SSSR count). The van der Waals surface area contributed by atoms with Crippen LogP contribution in [0.2, 0.25) is 6.04 Å². The first kappa shape index (κ1) is 19.8. The Balaban J connectivity index is 0.00000242. The fourth-order valence-corrected chi connectivity index (χ4v) is 4.88. The monoisotopic (exact) mass is 392 g/mol. The van der Waals surface area contributed by atoms with Crippen molar-refractivity contribution in [2.24, 2.45) is 0 Å². The predicted molar refractivity (Wildman–Crippen MR) is 83.0 cm³/mol. The van der Waals surface area contributed by atoms with Crippen LogP contribution in [0, 0.1) is 0 Å². The zero-order valence-corrected chi connectivity index (χ0v) is 16.5. The van der Waals surface area contributed by atoms with Crippen molar-refractivity contribution in [3.63, 3.8) is 0 Å². The van der Waals surface area contributed by atoms with Crippen molar-refractivity contribution in [1.82, 2.24) is 4.57 Å². The van der Waals surface area contributed by atoms with E-state index in [1.807, 2.05) is 0 Å². The maximum Gasteiger partial charge on any atom is 0.500 e. The quantitative estimate of drug-likeness (QED) is 0.444. The molecule has 0 aliphatic heterocycles. The Kier molecular flexibility index (Phi) is 8.85. The summed E-state index contributed by atoms with van der Waals surface area (Å²) in [5.41, 5.74) is 0. The molecule has 7 heteroatoms. The fraction of sp³-hybridized carbons (Fsp3) is 0.800. The van der Waals surface area contributed by atoms with Crippen LogP contribution in [0.5, 0.6) is 0 Å². The van der Waals surface area contributed by atoms with E-state index in [0.717, 1.165) is 19.0 Å². The van der Waals surface area contributed by atoms with Crippen molar-refractivity contribution in [3.05, 3.63) is 18.7 Å².